The van der Waals surface area contributed by atoms with Gasteiger partial charge in [-0.05, 0) is 25.0 Å². The number of anilines is 1. The molecule has 20 heavy (non-hydrogen) atoms. The molecule has 0 aliphatic carbocycles. The highest BCUT2D eigenvalue weighted by Crippen LogP contribution is 2.28. The molecule has 8 heteroatoms. The summed E-state index contributed by atoms with van der Waals surface area (Å²) in [6.45, 7) is 0.297. The Morgan fingerprint density at radius 3 is 2.90 bits per heavy atom. The lowest BCUT2D eigenvalue weighted by atomic mass is 10.2. The molecule has 2 atom stereocenters. The fourth-order valence-corrected chi connectivity index (χ4v) is 2.24. The van der Waals surface area contributed by atoms with Gasteiger partial charge in [0, 0.05) is 17.6 Å². The highest BCUT2D eigenvalue weighted by atomic mass is 35.5. The standard InChI is InChI=1S/C12H13ClN2O5/c13-7-1-3-10(15(18)19)9(5-7)14-6-8-2-4-11(20-8)12(16)17/h1,3,5,8,11,14H,2,4,6H2,(H,16,17). The van der Waals surface area contributed by atoms with Crippen LogP contribution in [0.1, 0.15) is 12.8 Å². The van der Waals surface area contributed by atoms with Crippen molar-refractivity contribution in [3.8, 4) is 0 Å². The van der Waals surface area contributed by atoms with Crippen molar-refractivity contribution in [2.24, 2.45) is 0 Å². The number of hydrogen-bond donors (Lipinski definition) is 2. The van der Waals surface area contributed by atoms with Gasteiger partial charge in [-0.15, -0.1) is 0 Å². The number of nitrogens with one attached hydrogen (secondary N) is 1. The summed E-state index contributed by atoms with van der Waals surface area (Å²) in [5.74, 6) is -0.985. The Bertz CT molecular complexity index is 537. The van der Waals surface area contributed by atoms with Gasteiger partial charge in [-0.1, -0.05) is 11.6 Å². The third-order valence-electron chi connectivity index (χ3n) is 3.06. The molecule has 7 nitrogen and oxygen atoms in total. The fourth-order valence-electron chi connectivity index (χ4n) is 2.07. The summed E-state index contributed by atoms with van der Waals surface area (Å²) < 4.78 is 5.31. The molecular weight excluding hydrogens is 288 g/mol. The number of nitrogens with zero attached hydrogens (tertiary/aromatic N) is 1. The van der Waals surface area contributed by atoms with Crippen LogP contribution >= 0.6 is 11.6 Å². The van der Waals surface area contributed by atoms with Crippen LogP contribution in [0.4, 0.5) is 11.4 Å². The van der Waals surface area contributed by atoms with E-state index in [1.54, 1.807) is 0 Å². The minimum absolute atomic E-state index is 0.0813. The van der Waals surface area contributed by atoms with E-state index in [1.165, 1.54) is 18.2 Å². The van der Waals surface area contributed by atoms with E-state index in [9.17, 15) is 14.9 Å². The van der Waals surface area contributed by atoms with Crippen molar-refractivity contribution in [1.29, 1.82) is 0 Å². The highest BCUT2D eigenvalue weighted by Gasteiger charge is 2.30. The van der Waals surface area contributed by atoms with Crippen LogP contribution in [0.2, 0.25) is 5.02 Å². The first-order valence-corrected chi connectivity index (χ1v) is 6.41. The zero-order valence-corrected chi connectivity index (χ0v) is 11.2. The molecule has 0 bridgehead atoms. The number of carboxylic acid groups (broad SMARTS) is 1. The number of carbonyl (C=O) groups is 1. The molecular formula is C12H13ClN2O5. The molecule has 2 N–H and O–H groups in total. The lowest BCUT2D eigenvalue weighted by molar-refractivity contribution is -0.384. The SMILES string of the molecule is O=C(O)C1CCC(CNc2cc(Cl)ccc2[N+](=O)[O-])O1. The Labute approximate surface area is 119 Å². The third-order valence-corrected chi connectivity index (χ3v) is 3.29. The second-order valence-corrected chi connectivity index (χ2v) is 4.90. The molecule has 2 rings (SSSR count). The number of rotatable bonds is 5. The maximum atomic E-state index is 10.9. The van der Waals surface area contributed by atoms with Crippen LogP contribution in [-0.4, -0.2) is 34.8 Å². The smallest absolute Gasteiger partial charge is 0.332 e. The first-order chi connectivity index (χ1) is 9.47. The average molecular weight is 301 g/mol. The van der Waals surface area contributed by atoms with E-state index in [-0.39, 0.29) is 11.8 Å². The first kappa shape index (κ1) is 14.5. The van der Waals surface area contributed by atoms with Crippen molar-refractivity contribution in [3.63, 3.8) is 0 Å². The Morgan fingerprint density at radius 2 is 2.30 bits per heavy atom. The minimum Gasteiger partial charge on any atom is -0.479 e. The van der Waals surface area contributed by atoms with Gasteiger partial charge >= 0.3 is 5.97 Å². The fraction of sp³-hybridized carbons (Fsp3) is 0.417. The summed E-state index contributed by atoms with van der Waals surface area (Å²) in [4.78, 5) is 21.1. The molecule has 1 aromatic carbocycles. The zero-order valence-electron chi connectivity index (χ0n) is 10.4. The number of halogens is 1. The van der Waals surface area contributed by atoms with E-state index in [0.29, 0.717) is 30.1 Å². The van der Waals surface area contributed by atoms with Crippen LogP contribution < -0.4 is 5.32 Å². The summed E-state index contributed by atoms with van der Waals surface area (Å²) in [6, 6.07) is 4.22. The second-order valence-electron chi connectivity index (χ2n) is 4.46. The summed E-state index contributed by atoms with van der Waals surface area (Å²) in [5, 5.41) is 23.0. The van der Waals surface area contributed by atoms with E-state index < -0.39 is 17.0 Å². The minimum atomic E-state index is -0.985. The van der Waals surface area contributed by atoms with E-state index in [0.717, 1.165) is 0 Å². The molecule has 0 aromatic heterocycles. The molecule has 1 aromatic rings. The summed E-state index contributed by atoms with van der Waals surface area (Å²) in [7, 11) is 0. The summed E-state index contributed by atoms with van der Waals surface area (Å²) >= 11 is 5.81. The number of nitro benzene ring substituents is 1. The number of benzene rings is 1. The largest absolute Gasteiger partial charge is 0.479 e. The number of aliphatic carboxylic acids is 1. The average Bonchev–Trinajstić information content (AvgIpc) is 2.85. The maximum Gasteiger partial charge on any atom is 0.332 e. The van der Waals surface area contributed by atoms with Crippen LogP contribution in [0.25, 0.3) is 0 Å². The molecule has 0 amide bonds. The lowest BCUT2D eigenvalue weighted by Gasteiger charge is -2.13. The lowest BCUT2D eigenvalue weighted by Crippen LogP contribution is -2.24. The van der Waals surface area contributed by atoms with Crippen molar-refractivity contribution in [2.45, 2.75) is 25.0 Å². The highest BCUT2D eigenvalue weighted by molar-refractivity contribution is 6.31. The third kappa shape index (κ3) is 3.37. The molecule has 0 radical (unpaired) electrons. The van der Waals surface area contributed by atoms with Crippen molar-refractivity contribution in [1.82, 2.24) is 0 Å². The van der Waals surface area contributed by atoms with Crippen LogP contribution in [0, 0.1) is 10.1 Å². The van der Waals surface area contributed by atoms with E-state index in [4.69, 9.17) is 21.4 Å². The molecule has 1 saturated heterocycles. The van der Waals surface area contributed by atoms with Gasteiger partial charge in [-0.3, -0.25) is 10.1 Å². The Kier molecular flexibility index (Phi) is 4.41. The van der Waals surface area contributed by atoms with Crippen molar-refractivity contribution < 1.29 is 19.6 Å². The maximum absolute atomic E-state index is 10.9. The summed E-state index contributed by atoms with van der Waals surface area (Å²) in [6.07, 6.45) is -0.0386. The van der Waals surface area contributed by atoms with Crippen LogP contribution in [-0.2, 0) is 9.53 Å². The Hall–Kier alpha value is -1.86. The molecule has 0 saturated carbocycles. The number of nitro groups is 1. The quantitative estimate of drug-likeness (QED) is 0.639. The molecule has 1 aliphatic rings. The van der Waals surface area contributed by atoms with Gasteiger partial charge < -0.3 is 15.2 Å². The molecule has 108 valence electrons. The Balaban J connectivity index is 1.99. The predicted octanol–water partition coefficient (Wildman–Crippen LogP) is 2.29. The topological polar surface area (TPSA) is 102 Å². The van der Waals surface area contributed by atoms with Crippen LogP contribution in [0.3, 0.4) is 0 Å². The zero-order chi connectivity index (χ0) is 14.7. The molecule has 1 heterocycles. The number of ether oxygens (including phenoxy) is 1. The van der Waals surface area contributed by atoms with E-state index >= 15 is 0 Å². The summed E-state index contributed by atoms with van der Waals surface area (Å²) in [5.41, 5.74) is 0.215. The van der Waals surface area contributed by atoms with Crippen LogP contribution in [0.5, 0.6) is 0 Å². The van der Waals surface area contributed by atoms with Gasteiger partial charge in [0.2, 0.25) is 0 Å². The van der Waals surface area contributed by atoms with Gasteiger partial charge in [-0.25, -0.2) is 4.79 Å². The van der Waals surface area contributed by atoms with Crippen molar-refractivity contribution in [3.05, 3.63) is 33.3 Å². The van der Waals surface area contributed by atoms with Crippen molar-refractivity contribution >= 4 is 28.9 Å². The monoisotopic (exact) mass is 300 g/mol. The van der Waals surface area contributed by atoms with Gasteiger partial charge in [0.1, 0.15) is 5.69 Å². The Morgan fingerprint density at radius 1 is 1.55 bits per heavy atom. The second kappa shape index (κ2) is 6.06. The molecule has 1 fully saturated rings. The molecule has 1 aliphatic heterocycles. The first-order valence-electron chi connectivity index (χ1n) is 6.03. The number of carboxylic acids is 1. The van der Waals surface area contributed by atoms with Crippen molar-refractivity contribution in [2.75, 3.05) is 11.9 Å². The van der Waals surface area contributed by atoms with Crippen LogP contribution in [0.15, 0.2) is 18.2 Å². The van der Waals surface area contributed by atoms with Gasteiger partial charge in [0.05, 0.1) is 11.0 Å². The van der Waals surface area contributed by atoms with Gasteiger partial charge in [0.15, 0.2) is 6.10 Å². The van der Waals surface area contributed by atoms with Gasteiger partial charge in [0.25, 0.3) is 5.69 Å². The van der Waals surface area contributed by atoms with Gasteiger partial charge in [-0.2, -0.15) is 0 Å². The predicted molar refractivity (Wildman–Crippen MR) is 72.1 cm³/mol. The van der Waals surface area contributed by atoms with E-state index in [1.807, 2.05) is 0 Å². The molecule has 0 spiro atoms. The molecule has 2 unspecified atom stereocenters. The van der Waals surface area contributed by atoms with E-state index in [2.05, 4.69) is 5.32 Å². The normalized spacial score (nSPS) is 21.6. The number of hydrogen-bond acceptors (Lipinski definition) is 5.